The van der Waals surface area contributed by atoms with Crippen LogP contribution < -0.4 is 0 Å². The SMILES string of the molecule is CCCC[C@H](O)[C@H](O)[C@@H]1CC[C@@H]([C@H](O)CC[C@H](O)[C@@H]2CC[C@@H](CCCCCCCCCCCCCCC3=C[C@H](C)OC3=O)O2)O1. The van der Waals surface area contributed by atoms with Crippen molar-refractivity contribution in [3.05, 3.63) is 11.6 Å². The quantitative estimate of drug-likeness (QED) is 0.0634. The van der Waals surface area contributed by atoms with Crippen molar-refractivity contribution in [2.75, 3.05) is 0 Å². The van der Waals surface area contributed by atoms with Gasteiger partial charge in [-0.05, 0) is 77.2 Å². The van der Waals surface area contributed by atoms with Crippen molar-refractivity contribution in [3.63, 3.8) is 0 Å². The van der Waals surface area contributed by atoms with Gasteiger partial charge in [0.25, 0.3) is 0 Å². The minimum Gasteiger partial charge on any atom is -0.455 e. The highest BCUT2D eigenvalue weighted by Gasteiger charge is 2.38. The molecule has 3 aliphatic rings. The van der Waals surface area contributed by atoms with Gasteiger partial charge in [-0.2, -0.15) is 0 Å². The second-order valence-corrected chi connectivity index (χ2v) is 14.2. The predicted molar refractivity (Wildman–Crippen MR) is 177 cm³/mol. The topological polar surface area (TPSA) is 126 Å². The number of hydrogen-bond donors (Lipinski definition) is 4. The molecule has 0 aromatic heterocycles. The van der Waals surface area contributed by atoms with Gasteiger partial charge < -0.3 is 34.6 Å². The van der Waals surface area contributed by atoms with Crippen LogP contribution in [-0.2, 0) is 19.0 Å². The van der Waals surface area contributed by atoms with Crippen LogP contribution in [0.25, 0.3) is 0 Å². The molecule has 3 heterocycles. The van der Waals surface area contributed by atoms with E-state index in [4.69, 9.17) is 14.2 Å². The van der Waals surface area contributed by atoms with Crippen molar-refractivity contribution in [2.24, 2.45) is 0 Å². The summed E-state index contributed by atoms with van der Waals surface area (Å²) in [5, 5.41) is 42.0. The fraction of sp³-hybridized carbons (Fsp3) is 0.919. The highest BCUT2D eigenvalue weighted by molar-refractivity contribution is 5.90. The molecule has 4 N–H and O–H groups in total. The Labute approximate surface area is 273 Å². The highest BCUT2D eigenvalue weighted by Crippen LogP contribution is 2.31. The molecule has 2 fully saturated rings. The van der Waals surface area contributed by atoms with Crippen molar-refractivity contribution in [1.82, 2.24) is 0 Å². The van der Waals surface area contributed by atoms with E-state index in [0.717, 1.165) is 50.5 Å². The molecule has 8 nitrogen and oxygen atoms in total. The summed E-state index contributed by atoms with van der Waals surface area (Å²) in [6.45, 7) is 3.97. The predicted octanol–water partition coefficient (Wildman–Crippen LogP) is 6.83. The van der Waals surface area contributed by atoms with Crippen molar-refractivity contribution >= 4 is 5.97 Å². The number of esters is 1. The van der Waals surface area contributed by atoms with Gasteiger partial charge in [0.15, 0.2) is 0 Å². The Morgan fingerprint density at radius 3 is 1.80 bits per heavy atom. The molecule has 45 heavy (non-hydrogen) atoms. The molecular formula is C37H66O8. The summed E-state index contributed by atoms with van der Waals surface area (Å²) in [4.78, 5) is 11.6. The van der Waals surface area contributed by atoms with Crippen molar-refractivity contribution in [2.45, 2.75) is 216 Å². The third kappa shape index (κ3) is 14.3. The van der Waals surface area contributed by atoms with Gasteiger partial charge in [-0.3, -0.25) is 0 Å². The Morgan fingerprint density at radius 1 is 0.689 bits per heavy atom. The lowest BCUT2D eigenvalue weighted by Crippen LogP contribution is -2.39. The molecule has 9 atom stereocenters. The average Bonchev–Trinajstić information content (AvgIpc) is 3.78. The highest BCUT2D eigenvalue weighted by atomic mass is 16.5. The molecule has 0 aromatic rings. The van der Waals surface area contributed by atoms with Crippen molar-refractivity contribution < 1.29 is 39.4 Å². The molecule has 262 valence electrons. The van der Waals surface area contributed by atoms with Gasteiger partial charge in [-0.15, -0.1) is 0 Å². The maximum Gasteiger partial charge on any atom is 0.334 e. The van der Waals surface area contributed by atoms with Crippen LogP contribution in [-0.4, -0.2) is 81.3 Å². The van der Waals surface area contributed by atoms with E-state index in [2.05, 4.69) is 6.92 Å². The standard InChI is InChI=1S/C37H66O8/c1-3-4-19-32(40)36(41)35-25-24-34(45-35)31(39)22-21-30(38)33-23-20-29(44-33)18-16-14-12-10-8-6-5-7-9-11-13-15-17-28-26-27(2)43-37(28)42/h26-27,29-36,38-41H,3-25H2,1-2H3/t27-,29+,30-,31+,32-,33-,34-,35-,36-/m0/s1. The number of hydrogen-bond acceptors (Lipinski definition) is 8. The van der Waals surface area contributed by atoms with E-state index < -0.39 is 30.5 Å². The fourth-order valence-corrected chi connectivity index (χ4v) is 7.27. The molecule has 3 rings (SSSR count). The summed E-state index contributed by atoms with van der Waals surface area (Å²) in [6, 6.07) is 0. The molecule has 0 unspecified atom stereocenters. The Kier molecular flexibility index (Phi) is 18.6. The summed E-state index contributed by atoms with van der Waals surface area (Å²) in [6.07, 6.45) is 21.8. The molecule has 0 aromatic carbocycles. The van der Waals surface area contributed by atoms with E-state index in [9.17, 15) is 25.2 Å². The van der Waals surface area contributed by atoms with Crippen molar-refractivity contribution in [3.8, 4) is 0 Å². The van der Waals surface area contributed by atoms with Crippen LogP contribution in [0.5, 0.6) is 0 Å². The number of aliphatic hydroxyl groups excluding tert-OH is 4. The third-order valence-corrected chi connectivity index (χ3v) is 10.2. The molecule has 0 radical (unpaired) electrons. The third-order valence-electron chi connectivity index (χ3n) is 10.2. The Bertz CT molecular complexity index is 833. The van der Waals surface area contributed by atoms with Crippen LogP contribution in [0, 0.1) is 0 Å². The lowest BCUT2D eigenvalue weighted by atomic mass is 9.98. The number of rotatable bonds is 25. The molecule has 0 bridgehead atoms. The van der Waals surface area contributed by atoms with Gasteiger partial charge >= 0.3 is 5.97 Å². The zero-order chi connectivity index (χ0) is 32.4. The molecule has 0 aliphatic carbocycles. The molecule has 0 spiro atoms. The van der Waals surface area contributed by atoms with E-state index in [1.54, 1.807) is 0 Å². The first-order chi connectivity index (χ1) is 21.8. The summed E-state index contributed by atoms with van der Waals surface area (Å²) in [7, 11) is 0. The summed E-state index contributed by atoms with van der Waals surface area (Å²) < 4.78 is 17.2. The first-order valence-electron chi connectivity index (χ1n) is 18.7. The number of aliphatic hydroxyl groups is 4. The van der Waals surface area contributed by atoms with Crippen LogP contribution >= 0.6 is 0 Å². The first-order valence-corrected chi connectivity index (χ1v) is 18.7. The lowest BCUT2D eigenvalue weighted by molar-refractivity contribution is -0.139. The van der Waals surface area contributed by atoms with Gasteiger partial charge in [0.05, 0.1) is 42.7 Å². The molecule has 2 saturated heterocycles. The summed E-state index contributed by atoms with van der Waals surface area (Å²) in [5.41, 5.74) is 0.869. The number of ether oxygens (including phenoxy) is 3. The average molecular weight is 639 g/mol. The fourth-order valence-electron chi connectivity index (χ4n) is 7.27. The van der Waals surface area contributed by atoms with E-state index in [1.807, 2.05) is 13.0 Å². The minimum atomic E-state index is -0.916. The Balaban J connectivity index is 1.11. The van der Waals surface area contributed by atoms with Crippen LogP contribution in [0.15, 0.2) is 11.6 Å². The molecule has 0 saturated carbocycles. The largest absolute Gasteiger partial charge is 0.455 e. The van der Waals surface area contributed by atoms with E-state index >= 15 is 0 Å². The Hall–Kier alpha value is -1.03. The van der Waals surface area contributed by atoms with E-state index in [0.29, 0.717) is 32.1 Å². The van der Waals surface area contributed by atoms with Crippen LogP contribution in [0.2, 0.25) is 0 Å². The van der Waals surface area contributed by atoms with Crippen LogP contribution in [0.4, 0.5) is 0 Å². The zero-order valence-corrected chi connectivity index (χ0v) is 28.5. The molecule has 0 amide bonds. The maximum absolute atomic E-state index is 11.6. The van der Waals surface area contributed by atoms with Crippen LogP contribution in [0.3, 0.4) is 0 Å². The number of cyclic esters (lactones) is 1. The molecule has 3 aliphatic heterocycles. The molecule has 8 heteroatoms. The first kappa shape index (κ1) is 38.4. The maximum atomic E-state index is 11.6. The van der Waals surface area contributed by atoms with Gasteiger partial charge in [-0.1, -0.05) is 90.4 Å². The van der Waals surface area contributed by atoms with Gasteiger partial charge in [0.2, 0.25) is 0 Å². The zero-order valence-electron chi connectivity index (χ0n) is 28.5. The van der Waals surface area contributed by atoms with Gasteiger partial charge in [0, 0.05) is 5.57 Å². The number of carbonyl (C=O) groups is 1. The van der Waals surface area contributed by atoms with E-state index in [1.165, 1.54) is 70.6 Å². The van der Waals surface area contributed by atoms with Gasteiger partial charge in [-0.25, -0.2) is 4.79 Å². The van der Waals surface area contributed by atoms with E-state index in [-0.39, 0.29) is 30.4 Å². The second-order valence-electron chi connectivity index (χ2n) is 14.2. The Morgan fingerprint density at radius 2 is 1.22 bits per heavy atom. The van der Waals surface area contributed by atoms with Gasteiger partial charge in [0.1, 0.15) is 12.2 Å². The van der Waals surface area contributed by atoms with Crippen molar-refractivity contribution in [1.29, 1.82) is 0 Å². The normalized spacial score (nSPS) is 27.8. The monoisotopic (exact) mass is 638 g/mol. The summed E-state index contributed by atoms with van der Waals surface area (Å²) in [5.74, 6) is -0.119. The summed E-state index contributed by atoms with van der Waals surface area (Å²) >= 11 is 0. The smallest absolute Gasteiger partial charge is 0.334 e. The number of carbonyl (C=O) groups excluding carboxylic acids is 1. The second kappa shape index (κ2) is 21.8. The number of unbranched alkanes of at least 4 members (excludes halogenated alkanes) is 12. The lowest BCUT2D eigenvalue weighted by Gasteiger charge is -2.26. The van der Waals surface area contributed by atoms with Crippen LogP contribution in [0.1, 0.15) is 162 Å². The minimum absolute atomic E-state index is 0.0479. The molecular weight excluding hydrogens is 572 g/mol.